The van der Waals surface area contributed by atoms with Crippen LogP contribution in [0.4, 0.5) is 5.82 Å². The third kappa shape index (κ3) is 3.43. The minimum absolute atomic E-state index is 0.458. The summed E-state index contributed by atoms with van der Waals surface area (Å²) in [5, 5.41) is 0. The maximum atomic E-state index is 5.14. The quantitative estimate of drug-likeness (QED) is 0.769. The summed E-state index contributed by atoms with van der Waals surface area (Å²) in [6.45, 7) is 8.55. The lowest BCUT2D eigenvalue weighted by atomic mass is 10.1. The molecule has 28 heavy (non-hydrogen) atoms. The first kappa shape index (κ1) is 17.3. The zero-order chi connectivity index (χ0) is 18.5. The second-order valence-electron chi connectivity index (χ2n) is 9.63. The van der Waals surface area contributed by atoms with Gasteiger partial charge in [-0.25, -0.2) is 4.98 Å². The first-order valence-corrected chi connectivity index (χ1v) is 11.5. The maximum Gasteiger partial charge on any atom is 0.138 e. The van der Waals surface area contributed by atoms with Crippen molar-refractivity contribution in [2.24, 2.45) is 11.8 Å². The van der Waals surface area contributed by atoms with Crippen LogP contribution < -0.4 is 4.90 Å². The van der Waals surface area contributed by atoms with E-state index in [1.54, 1.807) is 0 Å². The molecule has 4 fully saturated rings. The smallest absolute Gasteiger partial charge is 0.138 e. The summed E-state index contributed by atoms with van der Waals surface area (Å²) in [6.07, 6.45) is 10.7. The number of hydrogen-bond donors (Lipinski definition) is 0. The zero-order valence-corrected chi connectivity index (χ0v) is 17.0. The fourth-order valence-corrected chi connectivity index (χ4v) is 5.22. The Kier molecular flexibility index (Phi) is 4.34. The van der Waals surface area contributed by atoms with Crippen molar-refractivity contribution in [3.05, 3.63) is 30.1 Å². The summed E-state index contributed by atoms with van der Waals surface area (Å²) >= 11 is 0. The molecule has 0 amide bonds. The van der Waals surface area contributed by atoms with Gasteiger partial charge in [-0.3, -0.25) is 14.2 Å². The average Bonchev–Trinajstić information content (AvgIpc) is 3.60. The van der Waals surface area contributed by atoms with E-state index in [9.17, 15) is 0 Å². The van der Waals surface area contributed by atoms with Crippen molar-refractivity contribution >= 4 is 11.5 Å². The molecule has 0 radical (unpaired) electrons. The van der Waals surface area contributed by atoms with Crippen LogP contribution in [-0.4, -0.2) is 65.0 Å². The number of pyridine rings is 1. The van der Waals surface area contributed by atoms with E-state index in [4.69, 9.17) is 4.98 Å². The highest BCUT2D eigenvalue weighted by Gasteiger charge is 2.36. The van der Waals surface area contributed by atoms with Crippen LogP contribution in [0.2, 0.25) is 0 Å². The molecule has 5 nitrogen and oxygen atoms in total. The van der Waals surface area contributed by atoms with E-state index in [1.165, 1.54) is 89.3 Å². The largest absolute Gasteiger partial charge is 0.358 e. The molecule has 0 aromatic carbocycles. The van der Waals surface area contributed by atoms with Gasteiger partial charge in [0, 0.05) is 52.0 Å². The van der Waals surface area contributed by atoms with Crippen molar-refractivity contribution in [3.8, 4) is 0 Å². The number of aromatic nitrogens is 2. The van der Waals surface area contributed by atoms with Crippen LogP contribution in [0.5, 0.6) is 0 Å². The molecule has 2 aliphatic carbocycles. The van der Waals surface area contributed by atoms with Gasteiger partial charge in [-0.05, 0) is 62.5 Å². The molecule has 1 unspecified atom stereocenters. The van der Waals surface area contributed by atoms with Crippen LogP contribution in [0.3, 0.4) is 0 Å². The van der Waals surface area contributed by atoms with Crippen molar-refractivity contribution < 1.29 is 0 Å². The lowest BCUT2D eigenvalue weighted by Crippen LogP contribution is -2.49. The number of anilines is 1. The van der Waals surface area contributed by atoms with E-state index < -0.39 is 0 Å². The zero-order valence-electron chi connectivity index (χ0n) is 17.0. The molecule has 4 heterocycles. The van der Waals surface area contributed by atoms with Crippen molar-refractivity contribution in [3.63, 3.8) is 0 Å². The number of rotatable bonds is 6. The van der Waals surface area contributed by atoms with Gasteiger partial charge in [0.1, 0.15) is 11.5 Å². The summed E-state index contributed by atoms with van der Waals surface area (Å²) in [7, 11) is 0. The second kappa shape index (κ2) is 7.03. The Morgan fingerprint density at radius 3 is 2.46 bits per heavy atom. The van der Waals surface area contributed by atoms with E-state index in [1.807, 2.05) is 0 Å². The Labute approximate surface area is 168 Å². The summed E-state index contributed by atoms with van der Waals surface area (Å²) in [5.41, 5.74) is 2.40. The highest BCUT2D eigenvalue weighted by Crippen LogP contribution is 2.36. The molecule has 0 bridgehead atoms. The predicted molar refractivity (Wildman–Crippen MR) is 113 cm³/mol. The van der Waals surface area contributed by atoms with Gasteiger partial charge < -0.3 is 4.90 Å². The van der Waals surface area contributed by atoms with Gasteiger partial charge in [0.2, 0.25) is 0 Å². The van der Waals surface area contributed by atoms with Crippen molar-refractivity contribution in [2.75, 3.05) is 50.7 Å². The predicted octanol–water partition coefficient (Wildman–Crippen LogP) is 3.41. The van der Waals surface area contributed by atoms with Gasteiger partial charge in [-0.2, -0.15) is 0 Å². The molecule has 2 saturated heterocycles. The molecule has 2 saturated carbocycles. The normalized spacial score (nSPS) is 27.1. The van der Waals surface area contributed by atoms with E-state index in [2.05, 4.69) is 43.5 Å². The monoisotopic (exact) mass is 379 g/mol. The first-order chi connectivity index (χ1) is 13.8. The molecule has 0 N–H and O–H groups in total. The maximum absolute atomic E-state index is 5.14. The second-order valence-corrected chi connectivity index (χ2v) is 9.63. The molecule has 5 heteroatoms. The van der Waals surface area contributed by atoms with Crippen LogP contribution in [0.25, 0.3) is 5.65 Å². The van der Waals surface area contributed by atoms with Crippen LogP contribution in [0.15, 0.2) is 24.4 Å². The molecular formula is C23H33N5. The van der Waals surface area contributed by atoms with Crippen LogP contribution in [0, 0.1) is 11.8 Å². The summed E-state index contributed by atoms with van der Waals surface area (Å²) in [4.78, 5) is 13.1. The molecule has 6 rings (SSSR count). The Bertz CT molecular complexity index is 831. The summed E-state index contributed by atoms with van der Waals surface area (Å²) in [5.74, 6) is 3.24. The fourth-order valence-electron chi connectivity index (χ4n) is 5.22. The summed E-state index contributed by atoms with van der Waals surface area (Å²) < 4.78 is 2.36. The van der Waals surface area contributed by atoms with Crippen LogP contribution >= 0.6 is 0 Å². The standard InChI is InChI=1S/C23H33N5/c1-2-11-26(10-1)23-5-3-4-22-24-20(16-28(22)23)21-17-25(14-18-6-7-18)12-13-27(21)15-19-8-9-19/h3-5,16,18-19,21H,1-2,6-15,17H2. The Balaban J connectivity index is 1.31. The Hall–Kier alpha value is -1.59. The Morgan fingerprint density at radius 1 is 0.893 bits per heavy atom. The average molecular weight is 380 g/mol. The molecule has 2 aromatic heterocycles. The van der Waals surface area contributed by atoms with Gasteiger partial charge in [0.15, 0.2) is 0 Å². The van der Waals surface area contributed by atoms with E-state index in [0.717, 1.165) is 24.0 Å². The van der Waals surface area contributed by atoms with Crippen molar-refractivity contribution in [2.45, 2.75) is 44.6 Å². The number of piperazine rings is 1. The lowest BCUT2D eigenvalue weighted by molar-refractivity contribution is 0.0657. The van der Waals surface area contributed by atoms with Crippen LogP contribution in [-0.2, 0) is 0 Å². The molecule has 1 atom stereocenters. The van der Waals surface area contributed by atoms with E-state index >= 15 is 0 Å². The van der Waals surface area contributed by atoms with E-state index in [-0.39, 0.29) is 0 Å². The van der Waals surface area contributed by atoms with Gasteiger partial charge in [-0.15, -0.1) is 0 Å². The number of nitrogens with zero attached hydrogens (tertiary/aromatic N) is 5. The number of hydrogen-bond acceptors (Lipinski definition) is 4. The highest BCUT2D eigenvalue weighted by atomic mass is 15.3. The molecule has 0 spiro atoms. The number of fused-ring (bicyclic) bond motifs is 1. The minimum Gasteiger partial charge on any atom is -0.358 e. The van der Waals surface area contributed by atoms with E-state index in [0.29, 0.717) is 6.04 Å². The van der Waals surface area contributed by atoms with Crippen molar-refractivity contribution in [1.29, 1.82) is 0 Å². The fraction of sp³-hybridized carbons (Fsp3) is 0.696. The topological polar surface area (TPSA) is 27.0 Å². The van der Waals surface area contributed by atoms with Gasteiger partial charge >= 0.3 is 0 Å². The Morgan fingerprint density at radius 2 is 1.68 bits per heavy atom. The molecular weight excluding hydrogens is 346 g/mol. The van der Waals surface area contributed by atoms with Crippen LogP contribution in [0.1, 0.15) is 50.3 Å². The van der Waals surface area contributed by atoms with Gasteiger partial charge in [0.05, 0.1) is 11.7 Å². The molecule has 2 aromatic rings. The first-order valence-electron chi connectivity index (χ1n) is 11.5. The number of imidazole rings is 1. The highest BCUT2D eigenvalue weighted by molar-refractivity contribution is 5.53. The minimum atomic E-state index is 0.458. The van der Waals surface area contributed by atoms with Crippen molar-refractivity contribution in [1.82, 2.24) is 19.2 Å². The molecule has 4 aliphatic rings. The summed E-state index contributed by atoms with van der Waals surface area (Å²) in [6, 6.07) is 7.09. The third-order valence-corrected chi connectivity index (χ3v) is 7.24. The SMILES string of the molecule is c1cc(N2CCCC2)n2cc(C3CN(CC4CC4)CCN3CC3CC3)nc2c1. The lowest BCUT2D eigenvalue weighted by Gasteiger charge is -2.41. The van der Waals surface area contributed by atoms with Gasteiger partial charge in [0.25, 0.3) is 0 Å². The third-order valence-electron chi connectivity index (χ3n) is 7.24. The molecule has 2 aliphatic heterocycles. The van der Waals surface area contributed by atoms with Gasteiger partial charge in [-0.1, -0.05) is 6.07 Å². The molecule has 150 valence electrons.